The van der Waals surface area contributed by atoms with Crippen LogP contribution in [0.25, 0.3) is 0 Å². The summed E-state index contributed by atoms with van der Waals surface area (Å²) >= 11 is 0. The number of hydrogen-bond acceptors (Lipinski definition) is 4. The van der Waals surface area contributed by atoms with Crippen LogP contribution in [0.2, 0.25) is 0 Å². The van der Waals surface area contributed by atoms with E-state index in [1.807, 2.05) is 31.2 Å². The minimum absolute atomic E-state index is 0.167. The molecule has 1 unspecified atom stereocenters. The second-order valence-corrected chi connectivity index (χ2v) is 4.22. The van der Waals surface area contributed by atoms with Crippen molar-refractivity contribution in [2.45, 2.75) is 13.8 Å². The molecule has 1 aromatic rings. The molecule has 1 aromatic carbocycles. The summed E-state index contributed by atoms with van der Waals surface area (Å²) in [7, 11) is 0. The van der Waals surface area contributed by atoms with Gasteiger partial charge < -0.3 is 19.9 Å². The van der Waals surface area contributed by atoms with E-state index in [-0.39, 0.29) is 6.61 Å². The summed E-state index contributed by atoms with van der Waals surface area (Å²) in [4.78, 5) is 0. The molecule has 0 amide bonds. The summed E-state index contributed by atoms with van der Waals surface area (Å²) in [5.41, 5.74) is 0. The summed E-state index contributed by atoms with van der Waals surface area (Å²) in [6, 6.07) is 7.70. The standard InChI is InChI=1S/C14H23NO3/c1-3-17-13-6-4-5-7-14(13)18-11-12(2)10-15-8-9-16/h4-7,12,15-16H,3,8-11H2,1-2H3. The predicted molar refractivity (Wildman–Crippen MR) is 72.2 cm³/mol. The summed E-state index contributed by atoms with van der Waals surface area (Å²) in [6.07, 6.45) is 0. The molecular weight excluding hydrogens is 230 g/mol. The van der Waals surface area contributed by atoms with Crippen LogP contribution < -0.4 is 14.8 Å². The number of para-hydroxylation sites is 2. The largest absolute Gasteiger partial charge is 0.490 e. The van der Waals surface area contributed by atoms with E-state index in [1.165, 1.54) is 0 Å². The van der Waals surface area contributed by atoms with Crippen LogP contribution >= 0.6 is 0 Å². The van der Waals surface area contributed by atoms with Gasteiger partial charge in [0.2, 0.25) is 0 Å². The van der Waals surface area contributed by atoms with Gasteiger partial charge in [-0.05, 0) is 19.1 Å². The van der Waals surface area contributed by atoms with Crippen molar-refractivity contribution in [1.29, 1.82) is 0 Å². The average molecular weight is 253 g/mol. The molecule has 0 bridgehead atoms. The van der Waals surface area contributed by atoms with Crippen LogP contribution in [0, 0.1) is 5.92 Å². The Morgan fingerprint density at radius 2 is 1.89 bits per heavy atom. The molecule has 0 saturated carbocycles. The fourth-order valence-electron chi connectivity index (χ4n) is 1.56. The molecule has 0 spiro atoms. The highest BCUT2D eigenvalue weighted by molar-refractivity contribution is 5.39. The Morgan fingerprint density at radius 3 is 2.50 bits per heavy atom. The second-order valence-electron chi connectivity index (χ2n) is 4.22. The van der Waals surface area contributed by atoms with E-state index >= 15 is 0 Å². The zero-order chi connectivity index (χ0) is 13.2. The molecule has 1 atom stereocenters. The first-order valence-corrected chi connectivity index (χ1v) is 6.44. The van der Waals surface area contributed by atoms with E-state index in [1.54, 1.807) is 0 Å². The fourth-order valence-corrected chi connectivity index (χ4v) is 1.56. The Hall–Kier alpha value is -1.26. The van der Waals surface area contributed by atoms with Gasteiger partial charge in [0.15, 0.2) is 11.5 Å². The van der Waals surface area contributed by atoms with Crippen LogP contribution in [-0.4, -0.2) is 38.0 Å². The molecule has 0 aliphatic heterocycles. The van der Waals surface area contributed by atoms with E-state index in [9.17, 15) is 0 Å². The third-order valence-electron chi connectivity index (χ3n) is 2.45. The molecule has 0 heterocycles. The monoisotopic (exact) mass is 253 g/mol. The molecule has 18 heavy (non-hydrogen) atoms. The van der Waals surface area contributed by atoms with Gasteiger partial charge in [-0.1, -0.05) is 19.1 Å². The van der Waals surface area contributed by atoms with E-state index in [2.05, 4.69) is 12.2 Å². The lowest BCUT2D eigenvalue weighted by molar-refractivity contribution is 0.232. The normalized spacial score (nSPS) is 12.2. The first-order chi connectivity index (χ1) is 8.77. The number of aliphatic hydroxyl groups excluding tert-OH is 1. The number of hydrogen-bond donors (Lipinski definition) is 2. The van der Waals surface area contributed by atoms with Crippen LogP contribution in [0.4, 0.5) is 0 Å². The van der Waals surface area contributed by atoms with Crippen LogP contribution in [-0.2, 0) is 0 Å². The lowest BCUT2D eigenvalue weighted by Gasteiger charge is -2.15. The first-order valence-electron chi connectivity index (χ1n) is 6.44. The molecule has 0 fully saturated rings. The topological polar surface area (TPSA) is 50.7 Å². The summed E-state index contributed by atoms with van der Waals surface area (Å²) < 4.78 is 11.2. The van der Waals surface area contributed by atoms with Gasteiger partial charge in [0.1, 0.15) is 0 Å². The van der Waals surface area contributed by atoms with Gasteiger partial charge >= 0.3 is 0 Å². The highest BCUT2D eigenvalue weighted by atomic mass is 16.5. The fraction of sp³-hybridized carbons (Fsp3) is 0.571. The zero-order valence-electron chi connectivity index (χ0n) is 11.2. The van der Waals surface area contributed by atoms with Gasteiger partial charge in [-0.3, -0.25) is 0 Å². The molecule has 0 aliphatic rings. The Labute approximate surface area is 109 Å². The SMILES string of the molecule is CCOc1ccccc1OCC(C)CNCCO. The number of benzene rings is 1. The van der Waals surface area contributed by atoms with Crippen LogP contribution in [0.1, 0.15) is 13.8 Å². The van der Waals surface area contributed by atoms with E-state index < -0.39 is 0 Å². The maximum Gasteiger partial charge on any atom is 0.161 e. The van der Waals surface area contributed by atoms with Gasteiger partial charge in [-0.25, -0.2) is 0 Å². The molecule has 0 aliphatic carbocycles. The van der Waals surface area contributed by atoms with Crippen molar-refractivity contribution in [2.75, 3.05) is 32.9 Å². The van der Waals surface area contributed by atoms with Crippen molar-refractivity contribution < 1.29 is 14.6 Å². The predicted octanol–water partition coefficient (Wildman–Crippen LogP) is 1.68. The third-order valence-corrected chi connectivity index (χ3v) is 2.45. The van der Waals surface area contributed by atoms with Gasteiger partial charge in [-0.15, -0.1) is 0 Å². The molecule has 2 N–H and O–H groups in total. The summed E-state index contributed by atoms with van der Waals surface area (Å²) in [5.74, 6) is 1.95. The average Bonchev–Trinajstić information content (AvgIpc) is 2.38. The number of rotatable bonds is 9. The van der Waals surface area contributed by atoms with Crippen molar-refractivity contribution in [3.8, 4) is 11.5 Å². The van der Waals surface area contributed by atoms with Crippen LogP contribution in [0.15, 0.2) is 24.3 Å². The number of ether oxygens (including phenoxy) is 2. The van der Waals surface area contributed by atoms with Crippen LogP contribution in [0.5, 0.6) is 11.5 Å². The molecule has 1 rings (SSSR count). The number of aliphatic hydroxyl groups is 1. The van der Waals surface area contributed by atoms with Crippen LogP contribution in [0.3, 0.4) is 0 Å². The minimum Gasteiger partial charge on any atom is -0.490 e. The smallest absolute Gasteiger partial charge is 0.161 e. The molecular formula is C14H23NO3. The van der Waals surface area contributed by atoms with E-state index in [0.29, 0.717) is 25.7 Å². The van der Waals surface area contributed by atoms with Gasteiger partial charge in [0.05, 0.1) is 19.8 Å². The lowest BCUT2D eigenvalue weighted by atomic mass is 10.2. The molecule has 0 aromatic heterocycles. The van der Waals surface area contributed by atoms with Crippen molar-refractivity contribution in [3.05, 3.63) is 24.3 Å². The van der Waals surface area contributed by atoms with E-state index in [4.69, 9.17) is 14.6 Å². The lowest BCUT2D eigenvalue weighted by Crippen LogP contribution is -2.27. The van der Waals surface area contributed by atoms with Crippen molar-refractivity contribution in [2.24, 2.45) is 5.92 Å². The Kier molecular flexibility index (Phi) is 7.22. The van der Waals surface area contributed by atoms with Crippen molar-refractivity contribution in [1.82, 2.24) is 5.32 Å². The maximum absolute atomic E-state index is 8.67. The van der Waals surface area contributed by atoms with Crippen molar-refractivity contribution in [3.63, 3.8) is 0 Å². The van der Waals surface area contributed by atoms with Crippen molar-refractivity contribution >= 4 is 0 Å². The zero-order valence-corrected chi connectivity index (χ0v) is 11.2. The number of nitrogens with one attached hydrogen (secondary N) is 1. The third kappa shape index (κ3) is 5.38. The molecule has 4 nitrogen and oxygen atoms in total. The van der Waals surface area contributed by atoms with Gasteiger partial charge in [0.25, 0.3) is 0 Å². The summed E-state index contributed by atoms with van der Waals surface area (Å²) in [5, 5.41) is 11.8. The first kappa shape index (κ1) is 14.8. The van der Waals surface area contributed by atoms with Gasteiger partial charge in [0, 0.05) is 19.0 Å². The maximum atomic E-state index is 8.67. The highest BCUT2D eigenvalue weighted by Crippen LogP contribution is 2.26. The highest BCUT2D eigenvalue weighted by Gasteiger charge is 2.06. The Balaban J connectivity index is 2.37. The van der Waals surface area contributed by atoms with E-state index in [0.717, 1.165) is 18.0 Å². The summed E-state index contributed by atoms with van der Waals surface area (Å²) in [6.45, 7) is 6.94. The quantitative estimate of drug-likeness (QED) is 0.657. The second kappa shape index (κ2) is 8.78. The minimum atomic E-state index is 0.167. The molecule has 102 valence electrons. The van der Waals surface area contributed by atoms with Gasteiger partial charge in [-0.2, -0.15) is 0 Å². The molecule has 0 saturated heterocycles. The molecule has 4 heteroatoms. The molecule has 0 radical (unpaired) electrons. The Bertz CT molecular complexity index is 331. The Morgan fingerprint density at radius 1 is 1.22 bits per heavy atom.